The molecule has 0 amide bonds. The summed E-state index contributed by atoms with van der Waals surface area (Å²) in [6, 6.07) is 11.4. The molecular weight excluding hydrogens is 434 g/mol. The number of benzene rings is 2. The zero-order valence-corrected chi connectivity index (χ0v) is 19.3. The standard InChI is InChI=1S/C26H29N3O5/c1-16-33-23-4-2-3-20(25(23)34-16)17-7-10-28(11-8-17)15-24-27-21-6-5-18(26(30)31)13-22(21)29(24)14-19-9-12-32-19/h2-6,13,16-17,19H,7-12,14-15H2,1H3,(H,30,31)/t16-,19+/m1/s1. The molecule has 8 nitrogen and oxygen atoms in total. The van der Waals surface area contributed by atoms with E-state index in [2.05, 4.69) is 21.6 Å². The van der Waals surface area contributed by atoms with Crippen LogP contribution in [0.1, 0.15) is 53.8 Å². The average molecular weight is 464 g/mol. The van der Waals surface area contributed by atoms with E-state index in [0.29, 0.717) is 12.5 Å². The normalized spacial score (nSPS) is 22.7. The fraction of sp³-hybridized carbons (Fsp3) is 0.462. The lowest BCUT2D eigenvalue weighted by Gasteiger charge is -2.33. The Morgan fingerprint density at radius 3 is 2.71 bits per heavy atom. The number of carboxylic acids is 1. The number of aromatic carboxylic acids is 1. The zero-order valence-electron chi connectivity index (χ0n) is 19.3. The molecule has 4 heterocycles. The van der Waals surface area contributed by atoms with Gasteiger partial charge in [-0.15, -0.1) is 0 Å². The van der Waals surface area contributed by atoms with E-state index < -0.39 is 5.97 Å². The largest absolute Gasteiger partial charge is 0.478 e. The van der Waals surface area contributed by atoms with E-state index in [-0.39, 0.29) is 18.0 Å². The predicted octanol–water partition coefficient (Wildman–Crippen LogP) is 4.02. The van der Waals surface area contributed by atoms with Crippen LogP contribution in [0.2, 0.25) is 0 Å². The third-order valence-corrected chi connectivity index (χ3v) is 7.23. The Bertz CT molecular complexity index is 1230. The minimum absolute atomic E-state index is 0.167. The van der Waals surface area contributed by atoms with E-state index in [1.165, 1.54) is 5.56 Å². The number of hydrogen-bond donors (Lipinski definition) is 1. The molecule has 3 aromatic rings. The molecule has 2 fully saturated rings. The third kappa shape index (κ3) is 3.91. The maximum Gasteiger partial charge on any atom is 0.335 e. The number of nitrogens with zero attached hydrogens (tertiary/aromatic N) is 3. The number of ether oxygens (including phenoxy) is 3. The second kappa shape index (κ2) is 8.60. The van der Waals surface area contributed by atoms with Gasteiger partial charge >= 0.3 is 5.97 Å². The number of likely N-dealkylation sites (tertiary alicyclic amines) is 1. The molecule has 0 radical (unpaired) electrons. The van der Waals surface area contributed by atoms with E-state index in [1.807, 2.05) is 19.1 Å². The van der Waals surface area contributed by atoms with Crippen molar-refractivity contribution in [3.8, 4) is 11.5 Å². The molecule has 1 N–H and O–H groups in total. The summed E-state index contributed by atoms with van der Waals surface area (Å²) in [4.78, 5) is 18.9. The summed E-state index contributed by atoms with van der Waals surface area (Å²) in [7, 11) is 0. The van der Waals surface area contributed by atoms with E-state index >= 15 is 0 Å². The van der Waals surface area contributed by atoms with Crippen molar-refractivity contribution in [1.82, 2.24) is 14.5 Å². The van der Waals surface area contributed by atoms with Crippen LogP contribution in [-0.2, 0) is 17.8 Å². The second-order valence-corrected chi connectivity index (χ2v) is 9.46. The topological polar surface area (TPSA) is 86.1 Å². The minimum Gasteiger partial charge on any atom is -0.478 e. The Hall–Kier alpha value is -3.10. The Kier molecular flexibility index (Phi) is 5.42. The molecule has 2 aromatic carbocycles. The van der Waals surface area contributed by atoms with Gasteiger partial charge in [0.05, 0.1) is 35.8 Å². The first-order valence-electron chi connectivity index (χ1n) is 12.1. The first kappa shape index (κ1) is 21.4. The van der Waals surface area contributed by atoms with Crippen LogP contribution in [0.15, 0.2) is 36.4 Å². The highest BCUT2D eigenvalue weighted by molar-refractivity contribution is 5.92. The van der Waals surface area contributed by atoms with Gasteiger partial charge in [0.25, 0.3) is 0 Å². The first-order chi connectivity index (χ1) is 16.5. The highest BCUT2D eigenvalue weighted by atomic mass is 16.7. The molecule has 3 aliphatic heterocycles. The lowest BCUT2D eigenvalue weighted by molar-refractivity contribution is -0.0592. The van der Waals surface area contributed by atoms with E-state index in [0.717, 1.165) is 73.9 Å². The molecule has 6 rings (SSSR count). The van der Waals surface area contributed by atoms with Crippen molar-refractivity contribution in [3.05, 3.63) is 53.3 Å². The van der Waals surface area contributed by atoms with Crippen LogP contribution in [0.5, 0.6) is 11.5 Å². The summed E-state index contributed by atoms with van der Waals surface area (Å²) in [5.74, 6) is 2.25. The van der Waals surface area contributed by atoms with Crippen LogP contribution in [-0.4, -0.2) is 57.6 Å². The van der Waals surface area contributed by atoms with Crippen LogP contribution in [0.25, 0.3) is 11.0 Å². The molecule has 0 spiro atoms. The van der Waals surface area contributed by atoms with Crippen LogP contribution >= 0.6 is 0 Å². The van der Waals surface area contributed by atoms with Gasteiger partial charge < -0.3 is 23.9 Å². The monoisotopic (exact) mass is 463 g/mol. The summed E-state index contributed by atoms with van der Waals surface area (Å²) < 4.78 is 19.5. The molecule has 3 aliphatic rings. The Morgan fingerprint density at radius 2 is 1.97 bits per heavy atom. The van der Waals surface area contributed by atoms with Gasteiger partial charge in [-0.2, -0.15) is 0 Å². The molecule has 0 unspecified atom stereocenters. The number of piperidine rings is 1. The Morgan fingerprint density at radius 1 is 1.15 bits per heavy atom. The number of carbonyl (C=O) groups is 1. The molecular formula is C26H29N3O5. The smallest absolute Gasteiger partial charge is 0.335 e. The fourth-order valence-corrected chi connectivity index (χ4v) is 5.31. The molecule has 0 saturated carbocycles. The van der Waals surface area contributed by atoms with Gasteiger partial charge in [0.2, 0.25) is 6.29 Å². The van der Waals surface area contributed by atoms with E-state index in [9.17, 15) is 9.90 Å². The van der Waals surface area contributed by atoms with Gasteiger partial charge in [-0.05, 0) is 62.5 Å². The molecule has 178 valence electrons. The van der Waals surface area contributed by atoms with Crippen LogP contribution in [0.4, 0.5) is 0 Å². The average Bonchev–Trinajstić information content (AvgIpc) is 3.35. The summed E-state index contributed by atoms with van der Waals surface area (Å²) in [5, 5.41) is 9.45. The number of carboxylic acid groups (broad SMARTS) is 1. The van der Waals surface area contributed by atoms with Crippen molar-refractivity contribution in [1.29, 1.82) is 0 Å². The zero-order chi connectivity index (χ0) is 23.2. The van der Waals surface area contributed by atoms with Gasteiger partial charge in [-0.25, -0.2) is 9.78 Å². The van der Waals surface area contributed by atoms with E-state index in [1.54, 1.807) is 12.1 Å². The summed E-state index contributed by atoms with van der Waals surface area (Å²) in [6.07, 6.45) is 3.05. The quantitative estimate of drug-likeness (QED) is 0.591. The lowest BCUT2D eigenvalue weighted by atomic mass is 9.88. The Labute approximate surface area is 198 Å². The highest BCUT2D eigenvalue weighted by Gasteiger charge is 2.30. The Balaban J connectivity index is 1.20. The van der Waals surface area contributed by atoms with Gasteiger partial charge in [0.15, 0.2) is 11.5 Å². The maximum absolute atomic E-state index is 11.5. The minimum atomic E-state index is -0.922. The second-order valence-electron chi connectivity index (χ2n) is 9.46. The summed E-state index contributed by atoms with van der Waals surface area (Å²) >= 11 is 0. The van der Waals surface area contributed by atoms with Crippen molar-refractivity contribution < 1.29 is 24.1 Å². The van der Waals surface area contributed by atoms with Crippen molar-refractivity contribution in [2.45, 2.75) is 57.6 Å². The van der Waals surface area contributed by atoms with Crippen molar-refractivity contribution in [2.75, 3.05) is 19.7 Å². The number of rotatable bonds is 6. The van der Waals surface area contributed by atoms with Crippen molar-refractivity contribution in [3.63, 3.8) is 0 Å². The number of fused-ring (bicyclic) bond motifs is 2. The number of para-hydroxylation sites is 1. The predicted molar refractivity (Wildman–Crippen MR) is 125 cm³/mol. The third-order valence-electron chi connectivity index (χ3n) is 7.23. The van der Waals surface area contributed by atoms with Gasteiger partial charge in [0.1, 0.15) is 5.82 Å². The number of aromatic nitrogens is 2. The first-order valence-corrected chi connectivity index (χ1v) is 12.1. The van der Waals surface area contributed by atoms with Crippen LogP contribution in [0.3, 0.4) is 0 Å². The molecule has 34 heavy (non-hydrogen) atoms. The maximum atomic E-state index is 11.5. The molecule has 2 saturated heterocycles. The summed E-state index contributed by atoms with van der Waals surface area (Å²) in [5.41, 5.74) is 3.23. The van der Waals surface area contributed by atoms with Gasteiger partial charge in [0, 0.05) is 19.1 Å². The molecule has 1 aromatic heterocycles. The van der Waals surface area contributed by atoms with Crippen molar-refractivity contribution >= 4 is 17.0 Å². The molecule has 8 heteroatoms. The lowest BCUT2D eigenvalue weighted by Crippen LogP contribution is -2.35. The summed E-state index contributed by atoms with van der Waals surface area (Å²) in [6.45, 7) is 6.09. The molecule has 0 bridgehead atoms. The SMILES string of the molecule is C[C@@H]1Oc2cccc(C3CCN(Cc4nc5ccc(C(=O)O)cc5n4C[C@@H]4CCO4)CC3)c2O1. The van der Waals surface area contributed by atoms with Crippen LogP contribution < -0.4 is 9.47 Å². The molecule has 0 aliphatic carbocycles. The van der Waals surface area contributed by atoms with E-state index in [4.69, 9.17) is 19.2 Å². The van der Waals surface area contributed by atoms with Gasteiger partial charge in [-0.1, -0.05) is 12.1 Å². The van der Waals surface area contributed by atoms with Crippen molar-refractivity contribution in [2.24, 2.45) is 0 Å². The number of hydrogen-bond acceptors (Lipinski definition) is 6. The van der Waals surface area contributed by atoms with Crippen LogP contribution in [0, 0.1) is 0 Å². The molecule has 2 atom stereocenters. The van der Waals surface area contributed by atoms with Gasteiger partial charge in [-0.3, -0.25) is 4.90 Å². The number of imidazole rings is 1. The fourth-order valence-electron chi connectivity index (χ4n) is 5.31. The highest BCUT2D eigenvalue weighted by Crippen LogP contribution is 2.43.